The van der Waals surface area contributed by atoms with Gasteiger partial charge in [-0.25, -0.2) is 0 Å². The highest BCUT2D eigenvalue weighted by Crippen LogP contribution is 2.28. The first kappa shape index (κ1) is 19.9. The highest BCUT2D eigenvalue weighted by molar-refractivity contribution is 5.91. The summed E-state index contributed by atoms with van der Waals surface area (Å²) in [6.07, 6.45) is 3.77. The third kappa shape index (κ3) is 5.84. The van der Waals surface area contributed by atoms with Crippen LogP contribution in [-0.2, 0) is 14.4 Å². The zero-order valence-electron chi connectivity index (χ0n) is 15.1. The standard InChI is InChI=1S/C19H27N3O4/c1-2-3-17(19(26)20-13-23)21-16-6-4-14(5-7-16)15-8-10-22(11-9-15)12-18(24)25/h4-7,13,15,17,21H,2-3,8-12H2,1H3,(H,24,25)(H,20,23,26). The molecular weight excluding hydrogens is 334 g/mol. The van der Waals surface area contributed by atoms with E-state index in [1.54, 1.807) is 0 Å². The van der Waals surface area contributed by atoms with Gasteiger partial charge in [0.05, 0.1) is 6.54 Å². The maximum absolute atomic E-state index is 11.9. The fourth-order valence-corrected chi connectivity index (χ4v) is 3.38. The summed E-state index contributed by atoms with van der Waals surface area (Å²) in [6, 6.07) is 7.59. The van der Waals surface area contributed by atoms with Crippen molar-refractivity contribution < 1.29 is 19.5 Å². The number of rotatable bonds is 9. The predicted octanol–water partition coefficient (Wildman–Crippen LogP) is 1.80. The number of carboxylic acid groups (broad SMARTS) is 1. The zero-order valence-corrected chi connectivity index (χ0v) is 15.1. The maximum atomic E-state index is 11.9. The van der Waals surface area contributed by atoms with Gasteiger partial charge in [0.25, 0.3) is 0 Å². The molecule has 26 heavy (non-hydrogen) atoms. The summed E-state index contributed by atoms with van der Waals surface area (Å²) in [5.41, 5.74) is 2.08. The summed E-state index contributed by atoms with van der Waals surface area (Å²) in [4.78, 5) is 35.1. The van der Waals surface area contributed by atoms with Crippen LogP contribution in [0.5, 0.6) is 0 Å². The van der Waals surface area contributed by atoms with Crippen LogP contribution in [0.4, 0.5) is 5.69 Å². The van der Waals surface area contributed by atoms with Gasteiger partial charge in [-0.15, -0.1) is 0 Å². The summed E-state index contributed by atoms with van der Waals surface area (Å²) in [7, 11) is 0. The quantitative estimate of drug-likeness (QED) is 0.580. The van der Waals surface area contributed by atoms with Crippen molar-refractivity contribution in [2.75, 3.05) is 25.0 Å². The SMILES string of the molecule is CCCC(Nc1ccc(C2CCN(CC(=O)O)CC2)cc1)C(=O)NC=O. The lowest BCUT2D eigenvalue weighted by Gasteiger charge is -2.31. The van der Waals surface area contributed by atoms with Gasteiger partial charge in [-0.05, 0) is 56.0 Å². The summed E-state index contributed by atoms with van der Waals surface area (Å²) in [5, 5.41) is 14.2. The Morgan fingerprint density at radius 1 is 1.27 bits per heavy atom. The lowest BCUT2D eigenvalue weighted by atomic mass is 9.89. The fourth-order valence-electron chi connectivity index (χ4n) is 3.38. The van der Waals surface area contributed by atoms with E-state index in [-0.39, 0.29) is 12.5 Å². The molecule has 0 saturated carbocycles. The van der Waals surface area contributed by atoms with Gasteiger partial charge >= 0.3 is 5.97 Å². The highest BCUT2D eigenvalue weighted by atomic mass is 16.4. The molecule has 1 heterocycles. The van der Waals surface area contributed by atoms with E-state index in [1.807, 2.05) is 24.0 Å². The number of nitrogens with one attached hydrogen (secondary N) is 2. The minimum atomic E-state index is -0.779. The van der Waals surface area contributed by atoms with E-state index in [0.29, 0.717) is 18.7 Å². The van der Waals surface area contributed by atoms with Gasteiger partial charge in [0.15, 0.2) is 0 Å². The molecule has 1 aromatic rings. The van der Waals surface area contributed by atoms with Crippen molar-refractivity contribution in [2.24, 2.45) is 0 Å². The van der Waals surface area contributed by atoms with Crippen LogP contribution in [0, 0.1) is 0 Å². The van der Waals surface area contributed by atoms with Gasteiger partial charge in [0, 0.05) is 5.69 Å². The number of piperidine rings is 1. The number of benzene rings is 1. The van der Waals surface area contributed by atoms with Crippen LogP contribution in [0.15, 0.2) is 24.3 Å². The molecule has 1 aromatic carbocycles. The lowest BCUT2D eigenvalue weighted by molar-refractivity contribution is -0.138. The average molecular weight is 361 g/mol. The molecule has 0 aliphatic carbocycles. The van der Waals surface area contributed by atoms with Crippen molar-refractivity contribution in [2.45, 2.75) is 44.6 Å². The first-order valence-corrected chi connectivity index (χ1v) is 9.08. The van der Waals surface area contributed by atoms with Crippen molar-refractivity contribution in [3.05, 3.63) is 29.8 Å². The van der Waals surface area contributed by atoms with Gasteiger partial charge < -0.3 is 10.4 Å². The molecule has 0 spiro atoms. The lowest BCUT2D eigenvalue weighted by Crippen LogP contribution is -2.38. The number of likely N-dealkylation sites (tertiary alicyclic amines) is 1. The first-order chi connectivity index (χ1) is 12.5. The molecule has 3 N–H and O–H groups in total. The van der Waals surface area contributed by atoms with Crippen LogP contribution in [0.3, 0.4) is 0 Å². The molecule has 142 valence electrons. The number of carbonyl (C=O) groups is 3. The molecule has 1 unspecified atom stereocenters. The summed E-state index contributed by atoms with van der Waals surface area (Å²) in [5.74, 6) is -0.672. The maximum Gasteiger partial charge on any atom is 0.317 e. The molecule has 0 radical (unpaired) electrons. The van der Waals surface area contributed by atoms with Crippen molar-refractivity contribution in [3.63, 3.8) is 0 Å². The van der Waals surface area contributed by atoms with Crippen LogP contribution in [0.1, 0.15) is 44.1 Å². The molecule has 7 heteroatoms. The van der Waals surface area contributed by atoms with Crippen LogP contribution in [0.2, 0.25) is 0 Å². The predicted molar refractivity (Wildman–Crippen MR) is 99.0 cm³/mol. The Hall–Kier alpha value is -2.41. The monoisotopic (exact) mass is 361 g/mol. The smallest absolute Gasteiger partial charge is 0.317 e. The molecule has 0 aromatic heterocycles. The number of carboxylic acids is 1. The Kier molecular flexibility index (Phi) is 7.59. The molecule has 1 aliphatic rings. The molecule has 7 nitrogen and oxygen atoms in total. The third-order valence-corrected chi connectivity index (χ3v) is 4.76. The highest BCUT2D eigenvalue weighted by Gasteiger charge is 2.22. The van der Waals surface area contributed by atoms with E-state index in [0.717, 1.165) is 38.0 Å². The van der Waals surface area contributed by atoms with E-state index in [9.17, 15) is 14.4 Å². The largest absolute Gasteiger partial charge is 0.480 e. The normalized spacial score (nSPS) is 16.7. The van der Waals surface area contributed by atoms with Crippen molar-refractivity contribution in [1.29, 1.82) is 0 Å². The molecule has 1 aliphatic heterocycles. The van der Waals surface area contributed by atoms with Gasteiger partial charge in [-0.1, -0.05) is 25.5 Å². The second-order valence-electron chi connectivity index (χ2n) is 6.68. The van der Waals surface area contributed by atoms with E-state index >= 15 is 0 Å². The molecule has 2 amide bonds. The summed E-state index contributed by atoms with van der Waals surface area (Å²) >= 11 is 0. The minimum Gasteiger partial charge on any atom is -0.480 e. The molecule has 1 saturated heterocycles. The number of hydrogen-bond donors (Lipinski definition) is 3. The third-order valence-electron chi connectivity index (χ3n) is 4.76. The van der Waals surface area contributed by atoms with Crippen molar-refractivity contribution in [1.82, 2.24) is 10.2 Å². The molecule has 2 rings (SSSR count). The van der Waals surface area contributed by atoms with Gasteiger partial charge in [0.2, 0.25) is 12.3 Å². The molecule has 1 fully saturated rings. The van der Waals surface area contributed by atoms with Crippen LogP contribution < -0.4 is 10.6 Å². The number of carbonyl (C=O) groups excluding carboxylic acids is 2. The van der Waals surface area contributed by atoms with Gasteiger partial charge in [-0.3, -0.25) is 24.6 Å². The summed E-state index contributed by atoms with van der Waals surface area (Å²) in [6.45, 7) is 3.68. The van der Waals surface area contributed by atoms with Crippen LogP contribution >= 0.6 is 0 Å². The second kappa shape index (κ2) is 9.91. The van der Waals surface area contributed by atoms with Gasteiger partial charge in [0.1, 0.15) is 6.04 Å². The van der Waals surface area contributed by atoms with Gasteiger partial charge in [-0.2, -0.15) is 0 Å². The summed E-state index contributed by atoms with van der Waals surface area (Å²) < 4.78 is 0. The average Bonchev–Trinajstić information content (AvgIpc) is 2.62. The second-order valence-corrected chi connectivity index (χ2v) is 6.68. The number of imide groups is 1. The Bertz CT molecular complexity index is 610. The molecule has 0 bridgehead atoms. The topological polar surface area (TPSA) is 98.7 Å². The van der Waals surface area contributed by atoms with E-state index < -0.39 is 12.0 Å². The molecule has 1 atom stereocenters. The van der Waals surface area contributed by atoms with E-state index in [4.69, 9.17) is 5.11 Å². The van der Waals surface area contributed by atoms with E-state index in [2.05, 4.69) is 22.8 Å². The number of aliphatic carboxylic acids is 1. The number of nitrogens with zero attached hydrogens (tertiary/aromatic N) is 1. The van der Waals surface area contributed by atoms with Crippen LogP contribution in [0.25, 0.3) is 0 Å². The van der Waals surface area contributed by atoms with Crippen LogP contribution in [-0.4, -0.2) is 54.0 Å². The Labute approximate surface area is 153 Å². The van der Waals surface area contributed by atoms with Crippen molar-refractivity contribution in [3.8, 4) is 0 Å². The molecular formula is C19H27N3O4. The Balaban J connectivity index is 1.92. The number of anilines is 1. The zero-order chi connectivity index (χ0) is 18.9. The van der Waals surface area contributed by atoms with Crippen molar-refractivity contribution >= 4 is 24.0 Å². The fraction of sp³-hybridized carbons (Fsp3) is 0.526. The first-order valence-electron chi connectivity index (χ1n) is 9.08. The van der Waals surface area contributed by atoms with E-state index in [1.165, 1.54) is 5.56 Å². The minimum absolute atomic E-state index is 0.108. The number of hydrogen-bond acceptors (Lipinski definition) is 5. The Morgan fingerprint density at radius 2 is 1.92 bits per heavy atom. The number of amides is 2. The Morgan fingerprint density at radius 3 is 2.46 bits per heavy atom.